The van der Waals surface area contributed by atoms with Crippen LogP contribution in [0.25, 0.3) is 6.08 Å². The highest BCUT2D eigenvalue weighted by atomic mass is 19.4. The SMILES string of the molecule is O=C(O)C(F)(F)F.OCC=Cc1ccccc1. The lowest BCUT2D eigenvalue weighted by molar-refractivity contribution is -0.192. The van der Waals surface area contributed by atoms with Gasteiger partial charge >= 0.3 is 12.1 Å². The van der Waals surface area contributed by atoms with Gasteiger partial charge in [-0.2, -0.15) is 13.2 Å². The van der Waals surface area contributed by atoms with Crippen molar-refractivity contribution in [2.24, 2.45) is 0 Å². The molecule has 0 saturated heterocycles. The summed E-state index contributed by atoms with van der Waals surface area (Å²) in [5.41, 5.74) is 1.12. The minimum atomic E-state index is -5.08. The molecule has 1 aromatic carbocycles. The summed E-state index contributed by atoms with van der Waals surface area (Å²) in [5, 5.41) is 15.6. The quantitative estimate of drug-likeness (QED) is 0.844. The number of carbonyl (C=O) groups is 1. The van der Waals surface area contributed by atoms with E-state index in [2.05, 4.69) is 0 Å². The molecule has 0 aromatic heterocycles. The monoisotopic (exact) mass is 248 g/mol. The van der Waals surface area contributed by atoms with E-state index < -0.39 is 12.1 Å². The van der Waals surface area contributed by atoms with Crippen LogP contribution in [0.15, 0.2) is 36.4 Å². The Morgan fingerprint density at radius 2 is 1.71 bits per heavy atom. The van der Waals surface area contributed by atoms with Crippen LogP contribution in [-0.4, -0.2) is 29.0 Å². The number of hydrogen-bond acceptors (Lipinski definition) is 2. The Kier molecular flexibility index (Phi) is 6.65. The van der Waals surface area contributed by atoms with Gasteiger partial charge in [-0.3, -0.25) is 0 Å². The second-order valence-electron chi connectivity index (χ2n) is 2.80. The van der Waals surface area contributed by atoms with Crippen LogP contribution in [-0.2, 0) is 4.79 Å². The fourth-order valence-electron chi connectivity index (χ4n) is 0.753. The molecule has 1 aromatic rings. The molecule has 17 heavy (non-hydrogen) atoms. The lowest BCUT2D eigenvalue weighted by atomic mass is 10.2. The van der Waals surface area contributed by atoms with Gasteiger partial charge in [-0.25, -0.2) is 4.79 Å². The number of carboxylic acid groups (broad SMARTS) is 1. The van der Waals surface area contributed by atoms with E-state index in [0.717, 1.165) is 5.56 Å². The summed E-state index contributed by atoms with van der Waals surface area (Å²) in [7, 11) is 0. The topological polar surface area (TPSA) is 57.5 Å². The van der Waals surface area contributed by atoms with Crippen molar-refractivity contribution in [1.82, 2.24) is 0 Å². The fourth-order valence-corrected chi connectivity index (χ4v) is 0.753. The third-order valence-electron chi connectivity index (χ3n) is 1.46. The zero-order valence-electron chi connectivity index (χ0n) is 8.69. The van der Waals surface area contributed by atoms with Crippen LogP contribution in [0.1, 0.15) is 5.56 Å². The largest absolute Gasteiger partial charge is 0.490 e. The number of alkyl halides is 3. The number of rotatable bonds is 2. The van der Waals surface area contributed by atoms with E-state index in [9.17, 15) is 13.2 Å². The second kappa shape index (κ2) is 7.45. The highest BCUT2D eigenvalue weighted by molar-refractivity contribution is 5.73. The number of benzene rings is 1. The van der Waals surface area contributed by atoms with Gasteiger partial charge in [0.25, 0.3) is 0 Å². The number of halogens is 3. The number of carboxylic acids is 1. The Hall–Kier alpha value is -1.82. The molecule has 0 heterocycles. The zero-order valence-corrected chi connectivity index (χ0v) is 8.69. The van der Waals surface area contributed by atoms with Crippen LogP contribution in [0.4, 0.5) is 13.2 Å². The summed E-state index contributed by atoms with van der Waals surface area (Å²) in [6, 6.07) is 9.89. The molecular formula is C11H11F3O3. The zero-order chi connectivity index (χ0) is 13.3. The number of aliphatic hydroxyl groups is 1. The predicted molar refractivity (Wildman–Crippen MR) is 56.3 cm³/mol. The Labute approximate surface area is 95.8 Å². The Morgan fingerprint density at radius 1 is 1.24 bits per heavy atom. The first-order valence-electron chi connectivity index (χ1n) is 4.50. The third-order valence-corrected chi connectivity index (χ3v) is 1.46. The average Bonchev–Trinajstić information content (AvgIpc) is 2.27. The molecule has 2 N–H and O–H groups in total. The van der Waals surface area contributed by atoms with Crippen molar-refractivity contribution >= 4 is 12.0 Å². The van der Waals surface area contributed by atoms with Gasteiger partial charge in [0, 0.05) is 0 Å². The fraction of sp³-hybridized carbons (Fsp3) is 0.182. The minimum Gasteiger partial charge on any atom is -0.475 e. The molecule has 0 bridgehead atoms. The molecule has 0 unspecified atom stereocenters. The molecule has 0 amide bonds. The highest BCUT2D eigenvalue weighted by Crippen LogP contribution is 2.13. The lowest BCUT2D eigenvalue weighted by Gasteiger charge is -1.93. The van der Waals surface area contributed by atoms with Gasteiger partial charge in [0.1, 0.15) is 0 Å². The minimum absolute atomic E-state index is 0.106. The average molecular weight is 248 g/mol. The van der Waals surface area contributed by atoms with Gasteiger partial charge < -0.3 is 10.2 Å². The molecule has 0 aliphatic heterocycles. The predicted octanol–water partition coefficient (Wildman–Crippen LogP) is 2.33. The Bertz CT molecular complexity index is 358. The standard InChI is InChI=1S/C9H10O.C2HF3O2/c10-8-4-7-9-5-2-1-3-6-9;3-2(4,5)1(6)7/h1-7,10H,8H2;(H,6,7). The van der Waals surface area contributed by atoms with Gasteiger partial charge in [0.15, 0.2) is 0 Å². The van der Waals surface area contributed by atoms with Crippen LogP contribution in [0, 0.1) is 0 Å². The normalized spacial score (nSPS) is 10.8. The first-order valence-corrected chi connectivity index (χ1v) is 4.50. The molecule has 0 aliphatic rings. The van der Waals surface area contributed by atoms with Gasteiger partial charge in [-0.15, -0.1) is 0 Å². The summed E-state index contributed by atoms with van der Waals surface area (Å²) in [5.74, 6) is -2.76. The van der Waals surface area contributed by atoms with Crippen LogP contribution in [0.3, 0.4) is 0 Å². The first kappa shape index (κ1) is 15.2. The summed E-state index contributed by atoms with van der Waals surface area (Å²) in [6.45, 7) is 0.106. The van der Waals surface area contributed by atoms with Gasteiger partial charge in [-0.1, -0.05) is 42.5 Å². The van der Waals surface area contributed by atoms with Crippen LogP contribution in [0.2, 0.25) is 0 Å². The van der Waals surface area contributed by atoms with E-state index in [-0.39, 0.29) is 6.61 Å². The van der Waals surface area contributed by atoms with E-state index in [1.165, 1.54) is 0 Å². The van der Waals surface area contributed by atoms with Crippen molar-refractivity contribution in [3.63, 3.8) is 0 Å². The lowest BCUT2D eigenvalue weighted by Crippen LogP contribution is -2.21. The van der Waals surface area contributed by atoms with E-state index in [1.807, 2.05) is 36.4 Å². The molecular weight excluding hydrogens is 237 g/mol. The molecule has 3 nitrogen and oxygen atoms in total. The van der Waals surface area contributed by atoms with Crippen molar-refractivity contribution < 1.29 is 28.2 Å². The molecule has 0 aliphatic carbocycles. The Morgan fingerprint density at radius 3 is 2.06 bits per heavy atom. The van der Waals surface area contributed by atoms with Gasteiger partial charge in [0.2, 0.25) is 0 Å². The van der Waals surface area contributed by atoms with E-state index >= 15 is 0 Å². The maximum Gasteiger partial charge on any atom is 0.490 e. The maximum atomic E-state index is 10.6. The van der Waals surface area contributed by atoms with Crippen molar-refractivity contribution in [1.29, 1.82) is 0 Å². The molecule has 0 radical (unpaired) electrons. The highest BCUT2D eigenvalue weighted by Gasteiger charge is 2.38. The van der Waals surface area contributed by atoms with Crippen molar-refractivity contribution in [2.75, 3.05) is 6.61 Å². The summed E-state index contributed by atoms with van der Waals surface area (Å²) in [4.78, 5) is 8.90. The van der Waals surface area contributed by atoms with E-state index in [0.29, 0.717) is 0 Å². The molecule has 1 rings (SSSR count). The smallest absolute Gasteiger partial charge is 0.475 e. The molecule has 0 atom stereocenters. The van der Waals surface area contributed by atoms with Crippen molar-refractivity contribution in [2.45, 2.75) is 6.18 Å². The summed E-state index contributed by atoms with van der Waals surface area (Å²) >= 11 is 0. The van der Waals surface area contributed by atoms with Crippen LogP contribution in [0.5, 0.6) is 0 Å². The molecule has 94 valence electrons. The summed E-state index contributed by atoms with van der Waals surface area (Å²) in [6.07, 6.45) is -1.48. The van der Waals surface area contributed by atoms with Gasteiger partial charge in [-0.05, 0) is 5.56 Å². The van der Waals surface area contributed by atoms with Crippen LogP contribution < -0.4 is 0 Å². The second-order valence-corrected chi connectivity index (χ2v) is 2.80. The van der Waals surface area contributed by atoms with Crippen molar-refractivity contribution in [3.05, 3.63) is 42.0 Å². The van der Waals surface area contributed by atoms with Crippen molar-refractivity contribution in [3.8, 4) is 0 Å². The van der Waals surface area contributed by atoms with E-state index in [4.69, 9.17) is 15.0 Å². The summed E-state index contributed by atoms with van der Waals surface area (Å²) < 4.78 is 31.7. The van der Waals surface area contributed by atoms with Gasteiger partial charge in [0.05, 0.1) is 6.61 Å². The Balaban J connectivity index is 0.000000325. The number of hydrogen-bond donors (Lipinski definition) is 2. The molecule has 6 heteroatoms. The molecule has 0 spiro atoms. The van der Waals surface area contributed by atoms with E-state index in [1.54, 1.807) is 6.08 Å². The third kappa shape index (κ3) is 8.04. The molecule has 0 fully saturated rings. The number of aliphatic hydroxyl groups excluding tert-OH is 1. The number of aliphatic carboxylic acids is 1. The maximum absolute atomic E-state index is 10.6. The first-order chi connectivity index (χ1) is 7.88. The molecule has 0 saturated carbocycles. The van der Waals surface area contributed by atoms with Crippen LogP contribution >= 0.6 is 0 Å².